The van der Waals surface area contributed by atoms with E-state index < -0.39 is 36.1 Å². The van der Waals surface area contributed by atoms with Gasteiger partial charge in [0.1, 0.15) is 23.3 Å². The number of H-pyrrole nitrogens is 4. The molecule has 6 N–H and O–H groups in total. The van der Waals surface area contributed by atoms with E-state index in [1.54, 1.807) is 154 Å². The second-order valence-electron chi connectivity index (χ2n) is 22.0. The lowest BCUT2D eigenvalue weighted by Gasteiger charge is -2.34. The van der Waals surface area contributed by atoms with Gasteiger partial charge in [0, 0.05) is 48.6 Å². The van der Waals surface area contributed by atoms with Crippen molar-refractivity contribution in [3.8, 4) is 45.6 Å². The highest BCUT2D eigenvalue weighted by atomic mass is 35.5. The highest BCUT2D eigenvalue weighted by molar-refractivity contribution is 6.44. The fraction of sp³-hybridized carbons (Fsp3) is 0.176. The summed E-state index contributed by atoms with van der Waals surface area (Å²) < 4.78 is 12.1. The summed E-state index contributed by atoms with van der Waals surface area (Å²) in [6.07, 6.45) is -2.75. The van der Waals surface area contributed by atoms with Crippen molar-refractivity contribution >= 4 is 178 Å². The summed E-state index contributed by atoms with van der Waals surface area (Å²) in [5, 5.41) is 8.94. The predicted molar refractivity (Wildman–Crippen MR) is 376 cm³/mol. The molecule has 0 aliphatic heterocycles. The van der Waals surface area contributed by atoms with Crippen LogP contribution in [0.1, 0.15) is 51.6 Å². The van der Waals surface area contributed by atoms with E-state index in [-0.39, 0.29) is 44.9 Å². The van der Waals surface area contributed by atoms with Crippen LogP contribution in [0.5, 0.6) is 0 Å². The average Bonchev–Trinajstić information content (AvgIpc) is 1.63. The molecule has 0 aliphatic carbocycles. The molecule has 0 bridgehead atoms. The van der Waals surface area contributed by atoms with Crippen molar-refractivity contribution in [1.82, 2.24) is 44.8 Å². The molecule has 94 heavy (non-hydrogen) atoms. The molecule has 0 saturated carbocycles. The lowest BCUT2D eigenvalue weighted by molar-refractivity contribution is -0.157. The third-order valence-electron chi connectivity index (χ3n) is 15.6. The molecule has 3 atom stereocenters. The summed E-state index contributed by atoms with van der Waals surface area (Å²) in [4.78, 5) is 94.7. The van der Waals surface area contributed by atoms with Crippen LogP contribution in [0.2, 0.25) is 40.2 Å². The van der Waals surface area contributed by atoms with E-state index in [1.807, 2.05) is 12.1 Å². The van der Waals surface area contributed by atoms with E-state index in [9.17, 15) is 14.4 Å². The number of halogens is 8. The molecule has 0 fully saturated rings. The SMILES string of the molecule is CCOC(=O)N(c1ccc2nc(-c3cccc(Cl)c3Cl)[nH]c2c1)C(CCC(=O)N(CC(C)CC(=O)Nc1ccc2nc(-c3c(Cl)cccc3Cl)[nH]c2c1)C(OCC)C(=O)Nc1ccc2nc(-c3c(Cl)cccc3Cl)[nH]c2c1)c1ccc2nc(-c3c(Cl)cccc3Cl)[nH]c2c1. The van der Waals surface area contributed by atoms with Gasteiger partial charge >= 0.3 is 6.09 Å². The van der Waals surface area contributed by atoms with Crippen LogP contribution in [-0.2, 0) is 23.9 Å². The van der Waals surface area contributed by atoms with Gasteiger partial charge < -0.3 is 44.9 Å². The Morgan fingerprint density at radius 2 is 0.979 bits per heavy atom. The zero-order valence-corrected chi connectivity index (χ0v) is 56.0. The summed E-state index contributed by atoms with van der Waals surface area (Å²) in [6, 6.07) is 40.7. The van der Waals surface area contributed by atoms with Crippen molar-refractivity contribution in [2.24, 2.45) is 5.92 Å². The number of carbonyl (C=O) groups is 4. The Morgan fingerprint density at radius 1 is 0.521 bits per heavy atom. The van der Waals surface area contributed by atoms with Gasteiger partial charge in [-0.15, -0.1) is 0 Å². The van der Waals surface area contributed by atoms with Crippen LogP contribution < -0.4 is 15.5 Å². The first-order valence-electron chi connectivity index (χ1n) is 29.6. The highest BCUT2D eigenvalue weighted by Crippen LogP contribution is 2.41. The van der Waals surface area contributed by atoms with Gasteiger partial charge in [-0.25, -0.2) is 24.7 Å². The Morgan fingerprint density at radius 3 is 1.51 bits per heavy atom. The monoisotopic (exact) mass is 1410 g/mol. The zero-order valence-electron chi connectivity index (χ0n) is 50.0. The van der Waals surface area contributed by atoms with Crippen LogP contribution in [-0.4, -0.2) is 94.6 Å². The Hall–Kier alpha value is -8.40. The number of amides is 4. The van der Waals surface area contributed by atoms with Crippen LogP contribution in [0.15, 0.2) is 146 Å². The number of imidazole rings is 4. The minimum Gasteiger partial charge on any atom is -0.449 e. The Bertz CT molecular complexity index is 4860. The van der Waals surface area contributed by atoms with Gasteiger partial charge in [-0.2, -0.15) is 0 Å². The van der Waals surface area contributed by atoms with Gasteiger partial charge in [0.05, 0.1) is 114 Å². The molecule has 4 aromatic heterocycles. The smallest absolute Gasteiger partial charge is 0.414 e. The second-order valence-corrected chi connectivity index (χ2v) is 25.2. The first-order valence-corrected chi connectivity index (χ1v) is 32.6. The standard InChI is InChI=1S/C68H54Cl8N12O6/c1-4-93-67(66(91)78-37-20-24-49-53(31-37)86-65(82-49)60-44(73)15-9-16-45(60)74)87(33-34(3)28-56(89)77-36-19-23-48-52(30-36)85-64(81-48)59-42(71)13-8-14-43(59)72)57(90)27-26-55(35-18-22-47-51(29-35)84-63(80-47)58-40(69)11-7-12-41(58)70)88(68(92)94-5-2)38-21-25-50-54(32-38)83-62(79-50)39-10-6-17-46(75)61(39)76/h6-25,29-32,34,55,67H,4-5,26-28,33H2,1-3H3,(H,77,89)(H,78,91)(H,79,83)(H,80,84)(H,81,85)(H,82,86). The van der Waals surface area contributed by atoms with Gasteiger partial charge in [-0.3, -0.25) is 19.3 Å². The molecule has 0 spiro atoms. The number of benzene rings is 8. The van der Waals surface area contributed by atoms with Crippen molar-refractivity contribution < 1.29 is 28.7 Å². The molecule has 8 aromatic carbocycles. The lowest BCUT2D eigenvalue weighted by Crippen LogP contribution is -2.51. The number of carbonyl (C=O) groups excluding carboxylic acids is 4. The maximum atomic E-state index is 15.7. The summed E-state index contributed by atoms with van der Waals surface area (Å²) >= 11 is 52.7. The number of ether oxygens (including phenoxy) is 2. The first kappa shape index (κ1) is 65.7. The molecular weight excluding hydrogens is 1360 g/mol. The van der Waals surface area contributed by atoms with Crippen LogP contribution in [0.4, 0.5) is 21.9 Å². The van der Waals surface area contributed by atoms with Crippen LogP contribution in [0.3, 0.4) is 0 Å². The molecule has 12 aromatic rings. The number of aromatic nitrogens is 8. The molecule has 0 radical (unpaired) electrons. The lowest BCUT2D eigenvalue weighted by atomic mass is 9.98. The van der Waals surface area contributed by atoms with Gasteiger partial charge in [-0.05, 0) is 147 Å². The number of rotatable bonds is 21. The number of anilines is 3. The quantitative estimate of drug-likeness (QED) is 0.0373. The maximum absolute atomic E-state index is 15.7. The van der Waals surface area contributed by atoms with Crippen molar-refractivity contribution in [2.45, 2.75) is 52.3 Å². The third-order valence-corrected chi connectivity index (χ3v) is 18.3. The van der Waals surface area contributed by atoms with Gasteiger partial charge in [-0.1, -0.05) is 130 Å². The number of fused-ring (bicyclic) bond motifs is 4. The molecule has 478 valence electrons. The number of nitrogens with one attached hydrogen (secondary N) is 6. The summed E-state index contributed by atoms with van der Waals surface area (Å²) in [7, 11) is 0. The average molecular weight is 1420 g/mol. The third kappa shape index (κ3) is 13.9. The molecule has 12 rings (SSSR count). The fourth-order valence-electron chi connectivity index (χ4n) is 11.3. The largest absolute Gasteiger partial charge is 0.449 e. The molecule has 4 heterocycles. The van der Waals surface area contributed by atoms with Crippen molar-refractivity contribution in [2.75, 3.05) is 35.3 Å². The summed E-state index contributed by atoms with van der Waals surface area (Å²) in [5.41, 5.74) is 8.38. The van der Waals surface area contributed by atoms with E-state index in [0.717, 1.165) is 0 Å². The minimum absolute atomic E-state index is 0.00155. The second kappa shape index (κ2) is 28.3. The molecule has 0 aliphatic rings. The molecule has 26 heteroatoms. The van der Waals surface area contributed by atoms with Gasteiger partial charge in [0.15, 0.2) is 0 Å². The predicted octanol–water partition coefficient (Wildman–Crippen LogP) is 19.1. The summed E-state index contributed by atoms with van der Waals surface area (Å²) in [5.74, 6) is -0.518. The number of nitrogens with zero attached hydrogens (tertiary/aromatic N) is 6. The van der Waals surface area contributed by atoms with E-state index in [2.05, 4.69) is 35.6 Å². The van der Waals surface area contributed by atoms with Crippen LogP contribution in [0.25, 0.3) is 89.7 Å². The van der Waals surface area contributed by atoms with Crippen molar-refractivity contribution in [3.05, 3.63) is 191 Å². The minimum atomic E-state index is -1.55. The van der Waals surface area contributed by atoms with Gasteiger partial charge in [0.2, 0.25) is 18.0 Å². The molecule has 0 saturated heterocycles. The van der Waals surface area contributed by atoms with Crippen LogP contribution in [0, 0.1) is 5.92 Å². The van der Waals surface area contributed by atoms with Crippen molar-refractivity contribution in [3.63, 3.8) is 0 Å². The highest BCUT2D eigenvalue weighted by Gasteiger charge is 2.36. The maximum Gasteiger partial charge on any atom is 0.414 e. The van der Waals surface area contributed by atoms with Crippen LogP contribution >= 0.6 is 92.8 Å². The molecule has 4 amide bonds. The van der Waals surface area contributed by atoms with Gasteiger partial charge in [0.25, 0.3) is 5.91 Å². The molecular formula is C68H54Cl8N12O6. The Kier molecular flexibility index (Phi) is 19.8. The topological polar surface area (TPSA) is 232 Å². The van der Waals surface area contributed by atoms with E-state index in [1.165, 1.54) is 9.80 Å². The van der Waals surface area contributed by atoms with E-state index in [4.69, 9.17) is 117 Å². The molecule has 18 nitrogen and oxygen atoms in total. The summed E-state index contributed by atoms with van der Waals surface area (Å²) in [6.45, 7) is 5.02. The normalized spacial score (nSPS) is 12.5. The zero-order chi connectivity index (χ0) is 66.1. The number of hydrogen-bond donors (Lipinski definition) is 6. The number of hydrogen-bond acceptors (Lipinski definition) is 10. The first-order chi connectivity index (χ1) is 45.3. The fourth-order valence-corrected chi connectivity index (χ4v) is 13.4. The molecule has 3 unspecified atom stereocenters. The van der Waals surface area contributed by atoms with Crippen molar-refractivity contribution in [1.29, 1.82) is 0 Å². The number of aromatic amines is 4. The Balaban J connectivity index is 0.888. The Labute approximate surface area is 577 Å². The van der Waals surface area contributed by atoms with E-state index in [0.29, 0.717) is 152 Å². The van der Waals surface area contributed by atoms with E-state index >= 15 is 4.79 Å².